The molecule has 1 saturated carbocycles. The molecule has 3 aliphatic heterocycles. The highest BCUT2D eigenvalue weighted by Crippen LogP contribution is 2.52. The van der Waals surface area contributed by atoms with Crippen molar-refractivity contribution in [1.82, 2.24) is 9.80 Å². The van der Waals surface area contributed by atoms with Crippen LogP contribution in [-0.4, -0.2) is 66.2 Å². The van der Waals surface area contributed by atoms with Crippen LogP contribution < -0.4 is 4.90 Å². The molecule has 0 radical (unpaired) electrons. The van der Waals surface area contributed by atoms with Crippen molar-refractivity contribution < 1.29 is 14.3 Å². The minimum absolute atomic E-state index is 0.0250. The van der Waals surface area contributed by atoms with E-state index >= 15 is 0 Å². The lowest BCUT2D eigenvalue weighted by Crippen LogP contribution is -2.58. The minimum Gasteiger partial charge on any atom is -0.446 e. The highest BCUT2D eigenvalue weighted by Gasteiger charge is 2.55. The molecule has 1 aliphatic carbocycles. The Morgan fingerprint density at radius 3 is 2.55 bits per heavy atom. The topological polar surface area (TPSA) is 53.1 Å². The number of amides is 2. The van der Waals surface area contributed by atoms with Crippen molar-refractivity contribution in [2.45, 2.75) is 63.5 Å². The smallest absolute Gasteiger partial charge is 0.410 e. The minimum atomic E-state index is -0.159. The fourth-order valence-electron chi connectivity index (χ4n) is 6.80. The Kier molecular flexibility index (Phi) is 5.57. The number of ether oxygens (including phenoxy) is 1. The van der Waals surface area contributed by atoms with Gasteiger partial charge in [-0.2, -0.15) is 0 Å². The summed E-state index contributed by atoms with van der Waals surface area (Å²) in [6.07, 6.45) is 6.62. The molecule has 4 aliphatic rings. The average Bonchev–Trinajstić information content (AvgIpc) is 3.17. The number of carbonyl (C=O) groups excluding carboxylic acids is 2. The fourth-order valence-corrected chi connectivity index (χ4v) is 6.80. The van der Waals surface area contributed by atoms with Gasteiger partial charge in [-0.25, -0.2) is 4.79 Å². The van der Waals surface area contributed by atoms with Crippen molar-refractivity contribution in [2.75, 3.05) is 37.6 Å². The Morgan fingerprint density at radius 1 is 1.00 bits per heavy atom. The molecule has 1 aromatic rings. The number of piperazine rings is 1. The van der Waals surface area contributed by atoms with Crippen molar-refractivity contribution >= 4 is 17.7 Å². The van der Waals surface area contributed by atoms with E-state index in [9.17, 15) is 9.59 Å². The predicted molar refractivity (Wildman–Crippen MR) is 120 cm³/mol. The van der Waals surface area contributed by atoms with Gasteiger partial charge in [0.25, 0.3) is 0 Å². The van der Waals surface area contributed by atoms with Gasteiger partial charge in [0.15, 0.2) is 0 Å². The quantitative estimate of drug-likeness (QED) is 0.721. The summed E-state index contributed by atoms with van der Waals surface area (Å²) < 4.78 is 6.11. The second-order valence-electron chi connectivity index (χ2n) is 9.88. The van der Waals surface area contributed by atoms with Crippen LogP contribution in [0.5, 0.6) is 0 Å². The lowest BCUT2D eigenvalue weighted by atomic mass is 9.64. The van der Waals surface area contributed by atoms with Crippen molar-refractivity contribution in [1.29, 1.82) is 0 Å². The number of rotatable bonds is 2. The van der Waals surface area contributed by atoms with E-state index in [2.05, 4.69) is 41.0 Å². The first kappa shape index (κ1) is 20.7. The molecule has 0 unspecified atom stereocenters. The van der Waals surface area contributed by atoms with Gasteiger partial charge in [-0.3, -0.25) is 4.79 Å². The number of hydrogen-bond donors (Lipinski definition) is 0. The van der Waals surface area contributed by atoms with Crippen LogP contribution in [0.1, 0.15) is 51.9 Å². The van der Waals surface area contributed by atoms with E-state index in [4.69, 9.17) is 4.74 Å². The van der Waals surface area contributed by atoms with Crippen LogP contribution in [0.4, 0.5) is 10.5 Å². The molecule has 1 spiro atoms. The third kappa shape index (κ3) is 3.68. The largest absolute Gasteiger partial charge is 0.446 e. The number of benzene rings is 1. The molecule has 2 amide bonds. The van der Waals surface area contributed by atoms with Crippen LogP contribution in [0.25, 0.3) is 0 Å². The zero-order valence-corrected chi connectivity index (χ0v) is 18.7. The summed E-state index contributed by atoms with van der Waals surface area (Å²) in [5, 5.41) is 0. The Labute approximate surface area is 185 Å². The molecule has 0 N–H and O–H groups in total. The molecule has 4 fully saturated rings. The molecule has 0 bridgehead atoms. The number of para-hydroxylation sites is 1. The third-order valence-electron chi connectivity index (χ3n) is 8.42. The first-order chi connectivity index (χ1) is 15.1. The summed E-state index contributed by atoms with van der Waals surface area (Å²) in [5.41, 5.74) is 1.24. The van der Waals surface area contributed by atoms with Gasteiger partial charge < -0.3 is 19.4 Å². The first-order valence-corrected chi connectivity index (χ1v) is 12.1. The molecule has 4 atom stereocenters. The Morgan fingerprint density at radius 2 is 1.77 bits per heavy atom. The van der Waals surface area contributed by atoms with Gasteiger partial charge >= 0.3 is 6.09 Å². The summed E-state index contributed by atoms with van der Waals surface area (Å²) in [4.78, 5) is 32.1. The van der Waals surface area contributed by atoms with Crippen molar-refractivity contribution in [2.24, 2.45) is 11.8 Å². The van der Waals surface area contributed by atoms with E-state index in [1.165, 1.54) is 5.69 Å². The van der Waals surface area contributed by atoms with Gasteiger partial charge in [-0.05, 0) is 62.5 Å². The monoisotopic (exact) mass is 425 g/mol. The molecule has 3 heterocycles. The highest BCUT2D eigenvalue weighted by molar-refractivity contribution is 5.78. The lowest BCUT2D eigenvalue weighted by molar-refractivity contribution is -0.140. The first-order valence-electron chi connectivity index (χ1n) is 12.1. The molecule has 1 aromatic carbocycles. The van der Waals surface area contributed by atoms with Gasteiger partial charge in [-0.1, -0.05) is 25.1 Å². The van der Waals surface area contributed by atoms with Crippen LogP contribution >= 0.6 is 0 Å². The van der Waals surface area contributed by atoms with Crippen LogP contribution in [0.15, 0.2) is 30.3 Å². The summed E-state index contributed by atoms with van der Waals surface area (Å²) in [5.74, 6) is 1.09. The summed E-state index contributed by atoms with van der Waals surface area (Å²) in [6, 6.07) is 10.4. The maximum absolute atomic E-state index is 13.0. The van der Waals surface area contributed by atoms with Crippen molar-refractivity contribution in [3.8, 4) is 0 Å². The molecule has 6 heteroatoms. The molecule has 6 nitrogen and oxygen atoms in total. The van der Waals surface area contributed by atoms with E-state index in [1.54, 1.807) is 0 Å². The molecular formula is C25H35N3O3. The van der Waals surface area contributed by atoms with E-state index in [-0.39, 0.29) is 17.7 Å². The molecule has 0 aromatic heterocycles. The highest BCUT2D eigenvalue weighted by atomic mass is 16.6. The standard InChI is InChI=1S/C25H35N3O3/c1-19-21-9-5-10-23(29)28-14-6-12-25(21,28)13-11-22(19)31-24(30)27-17-15-26(16-18-27)20-7-3-2-4-8-20/h2-4,7-8,19,21-22H,5-6,9-18H2,1H3/t19-,21+,22+,25-/m1/s1. The third-order valence-corrected chi connectivity index (χ3v) is 8.42. The number of hydrogen-bond acceptors (Lipinski definition) is 4. The second kappa shape index (κ2) is 8.36. The zero-order valence-electron chi connectivity index (χ0n) is 18.7. The number of nitrogens with zero attached hydrogens (tertiary/aromatic N) is 3. The maximum Gasteiger partial charge on any atom is 0.410 e. The van der Waals surface area contributed by atoms with Gasteiger partial charge in [0, 0.05) is 50.4 Å². The molecule has 5 rings (SSSR count). The molecular weight excluding hydrogens is 390 g/mol. The second-order valence-corrected chi connectivity index (χ2v) is 9.88. The number of anilines is 1. The summed E-state index contributed by atoms with van der Waals surface area (Å²) in [6.45, 7) is 6.24. The summed E-state index contributed by atoms with van der Waals surface area (Å²) >= 11 is 0. The maximum atomic E-state index is 13.0. The van der Waals surface area contributed by atoms with Crippen molar-refractivity contribution in [3.05, 3.63) is 30.3 Å². The van der Waals surface area contributed by atoms with Crippen LogP contribution in [0.3, 0.4) is 0 Å². The lowest BCUT2D eigenvalue weighted by Gasteiger charge is -2.51. The molecule has 3 saturated heterocycles. The van der Waals surface area contributed by atoms with Gasteiger partial charge in [0.05, 0.1) is 0 Å². The molecule has 168 valence electrons. The van der Waals surface area contributed by atoms with E-state index in [1.807, 2.05) is 11.0 Å². The predicted octanol–water partition coefficient (Wildman–Crippen LogP) is 3.91. The van der Waals surface area contributed by atoms with Gasteiger partial charge in [-0.15, -0.1) is 0 Å². The summed E-state index contributed by atoms with van der Waals surface area (Å²) in [7, 11) is 0. The Balaban J connectivity index is 1.20. The Hall–Kier alpha value is -2.24. The van der Waals surface area contributed by atoms with E-state index in [0.29, 0.717) is 37.3 Å². The molecule has 31 heavy (non-hydrogen) atoms. The van der Waals surface area contributed by atoms with Gasteiger partial charge in [0.2, 0.25) is 5.91 Å². The van der Waals surface area contributed by atoms with Crippen LogP contribution in [-0.2, 0) is 9.53 Å². The fraction of sp³-hybridized carbons (Fsp3) is 0.680. The SMILES string of the molecule is C[C@H]1[C@@H](OC(=O)N2CCN(c3ccccc3)CC2)CC[C@@]23CCCN2C(=O)CCC[C@@H]13. The average molecular weight is 426 g/mol. The Bertz CT molecular complexity index is 807. The van der Waals surface area contributed by atoms with Gasteiger partial charge in [0.1, 0.15) is 6.10 Å². The number of carbonyl (C=O) groups is 2. The van der Waals surface area contributed by atoms with E-state index < -0.39 is 0 Å². The van der Waals surface area contributed by atoms with E-state index in [0.717, 1.165) is 58.2 Å². The van der Waals surface area contributed by atoms with Crippen molar-refractivity contribution in [3.63, 3.8) is 0 Å². The van der Waals surface area contributed by atoms with Crippen LogP contribution in [0.2, 0.25) is 0 Å². The zero-order chi connectivity index (χ0) is 21.4. The van der Waals surface area contributed by atoms with Crippen LogP contribution in [0, 0.1) is 11.8 Å². The normalized spacial score (nSPS) is 33.5.